The molecule has 2 saturated heterocycles. The van der Waals surface area contributed by atoms with E-state index in [1.807, 2.05) is 0 Å². The van der Waals surface area contributed by atoms with Crippen LogP contribution >= 0.6 is 11.6 Å². The Morgan fingerprint density at radius 3 is 2.65 bits per heavy atom. The highest BCUT2D eigenvalue weighted by molar-refractivity contribution is 6.29. The summed E-state index contributed by atoms with van der Waals surface area (Å²) in [6.07, 6.45) is 5.97. The molecule has 2 rings (SSSR count). The minimum absolute atomic E-state index is 0.268. The number of rotatable bonds is 2. The fourth-order valence-electron chi connectivity index (χ4n) is 2.88. The van der Waals surface area contributed by atoms with E-state index < -0.39 is 0 Å². The van der Waals surface area contributed by atoms with E-state index in [2.05, 4.69) is 16.8 Å². The number of likely N-dealkylation sites (N-methyl/N-ethyl adjacent to an activating group) is 1. The molecule has 96 valence electrons. The van der Waals surface area contributed by atoms with Gasteiger partial charge in [-0.05, 0) is 44.5 Å². The zero-order valence-corrected chi connectivity index (χ0v) is 11.0. The summed E-state index contributed by atoms with van der Waals surface area (Å²) in [7, 11) is 2.17. The maximum Gasteiger partial charge on any atom is 0.0993 e. The van der Waals surface area contributed by atoms with Crippen molar-refractivity contribution < 1.29 is 0 Å². The van der Waals surface area contributed by atoms with Gasteiger partial charge >= 0.3 is 0 Å². The molecule has 0 aromatic heterocycles. The summed E-state index contributed by atoms with van der Waals surface area (Å²) in [5.74, 6) is 1.56. The van der Waals surface area contributed by atoms with E-state index in [9.17, 15) is 0 Å². The van der Waals surface area contributed by atoms with Crippen LogP contribution in [0.5, 0.6) is 0 Å². The Kier molecular flexibility index (Phi) is 3.84. The first-order chi connectivity index (χ1) is 8.08. The van der Waals surface area contributed by atoms with Crippen LogP contribution in [0.1, 0.15) is 12.8 Å². The summed E-state index contributed by atoms with van der Waals surface area (Å²) >= 11 is 5.60. The summed E-state index contributed by atoms with van der Waals surface area (Å²) in [5.41, 5.74) is 11.5. The van der Waals surface area contributed by atoms with Crippen molar-refractivity contribution in [3.63, 3.8) is 0 Å². The molecule has 4 nitrogen and oxygen atoms in total. The number of halogens is 1. The van der Waals surface area contributed by atoms with Crippen molar-refractivity contribution in [1.82, 2.24) is 9.80 Å². The highest BCUT2D eigenvalue weighted by atomic mass is 35.5. The van der Waals surface area contributed by atoms with E-state index >= 15 is 0 Å². The third kappa shape index (κ3) is 2.87. The number of nitrogens with two attached hydrogens (primary N) is 2. The summed E-state index contributed by atoms with van der Waals surface area (Å²) < 4.78 is 0. The van der Waals surface area contributed by atoms with Crippen LogP contribution in [0.25, 0.3) is 0 Å². The van der Waals surface area contributed by atoms with Crippen LogP contribution in [0.2, 0.25) is 0 Å². The first kappa shape index (κ1) is 12.6. The molecule has 2 aliphatic heterocycles. The Balaban J connectivity index is 2.06. The molecule has 5 heteroatoms. The van der Waals surface area contributed by atoms with Gasteiger partial charge in [0, 0.05) is 19.1 Å². The lowest BCUT2D eigenvalue weighted by molar-refractivity contribution is 0.143. The van der Waals surface area contributed by atoms with Gasteiger partial charge in [0.1, 0.15) is 0 Å². The van der Waals surface area contributed by atoms with Crippen molar-refractivity contribution in [2.75, 3.05) is 26.7 Å². The zero-order valence-electron chi connectivity index (χ0n) is 10.3. The predicted octanol–water partition coefficient (Wildman–Crippen LogP) is 0.851. The Morgan fingerprint density at radius 1 is 1.24 bits per heavy atom. The van der Waals surface area contributed by atoms with Crippen molar-refractivity contribution >= 4 is 11.6 Å². The number of hydrogen-bond acceptors (Lipinski definition) is 4. The maximum absolute atomic E-state index is 6.09. The van der Waals surface area contributed by atoms with Gasteiger partial charge in [-0.1, -0.05) is 11.6 Å². The number of hydrogen-bond donors (Lipinski definition) is 2. The molecule has 2 aliphatic rings. The smallest absolute Gasteiger partial charge is 0.0993 e. The van der Waals surface area contributed by atoms with Crippen molar-refractivity contribution in [2.24, 2.45) is 17.4 Å². The SMILES string of the molecule is CN1CCC2CCN(/C(N)=C/C=C(\N)Cl)C2C1. The summed E-state index contributed by atoms with van der Waals surface area (Å²) in [6, 6.07) is 0.551. The molecule has 0 amide bonds. The van der Waals surface area contributed by atoms with Crippen molar-refractivity contribution in [3.8, 4) is 0 Å². The second kappa shape index (κ2) is 5.19. The third-order valence-corrected chi connectivity index (χ3v) is 3.94. The van der Waals surface area contributed by atoms with Crippen molar-refractivity contribution in [2.45, 2.75) is 18.9 Å². The summed E-state index contributed by atoms with van der Waals surface area (Å²) in [5, 5.41) is 0.268. The minimum Gasteiger partial charge on any atom is -0.389 e. The second-order valence-corrected chi connectivity index (χ2v) is 5.44. The van der Waals surface area contributed by atoms with Crippen LogP contribution < -0.4 is 11.5 Å². The standard InChI is InChI=1S/C12H21ClN4/c1-16-6-4-9-5-7-17(10(9)8-16)12(15)3-2-11(13)14/h2-3,9-10H,4-8,14-15H2,1H3/b11-2-,12-3+. The Bertz CT molecular complexity index is 335. The summed E-state index contributed by atoms with van der Waals surface area (Å²) in [4.78, 5) is 4.66. The highest BCUT2D eigenvalue weighted by Gasteiger charge is 2.37. The average molecular weight is 257 g/mol. The number of likely N-dealkylation sites (tertiary alicyclic amines) is 2. The van der Waals surface area contributed by atoms with Crippen LogP contribution in [0.3, 0.4) is 0 Å². The van der Waals surface area contributed by atoms with Gasteiger partial charge in [-0.2, -0.15) is 0 Å². The molecule has 0 aromatic carbocycles. The highest BCUT2D eigenvalue weighted by Crippen LogP contribution is 2.32. The van der Waals surface area contributed by atoms with Gasteiger partial charge in [-0.3, -0.25) is 0 Å². The molecule has 2 unspecified atom stereocenters. The normalized spacial score (nSPS) is 31.8. The lowest BCUT2D eigenvalue weighted by Gasteiger charge is -2.37. The number of allylic oxidation sites excluding steroid dienone is 2. The fraction of sp³-hybridized carbons (Fsp3) is 0.667. The van der Waals surface area contributed by atoms with E-state index in [0.717, 1.165) is 24.8 Å². The molecule has 4 N–H and O–H groups in total. The largest absolute Gasteiger partial charge is 0.389 e. The van der Waals surface area contributed by atoms with Gasteiger partial charge in [0.05, 0.1) is 11.0 Å². The lowest BCUT2D eigenvalue weighted by atomic mass is 9.92. The molecule has 17 heavy (non-hydrogen) atoms. The van der Waals surface area contributed by atoms with Crippen LogP contribution in [-0.2, 0) is 0 Å². The van der Waals surface area contributed by atoms with Crippen LogP contribution in [0, 0.1) is 5.92 Å². The quantitative estimate of drug-likeness (QED) is 0.568. The van der Waals surface area contributed by atoms with E-state index in [0.29, 0.717) is 6.04 Å². The van der Waals surface area contributed by atoms with Gasteiger partial charge < -0.3 is 21.3 Å². The molecular formula is C12H21ClN4. The first-order valence-corrected chi connectivity index (χ1v) is 6.49. The number of fused-ring (bicyclic) bond motifs is 1. The topological polar surface area (TPSA) is 58.5 Å². The number of nitrogens with zero attached hydrogens (tertiary/aromatic N) is 2. The molecule has 0 aliphatic carbocycles. The van der Waals surface area contributed by atoms with Gasteiger partial charge in [0.15, 0.2) is 0 Å². The maximum atomic E-state index is 6.09. The number of piperidine rings is 1. The van der Waals surface area contributed by atoms with Gasteiger partial charge in [0.2, 0.25) is 0 Å². The van der Waals surface area contributed by atoms with Crippen LogP contribution in [0.15, 0.2) is 23.1 Å². The second-order valence-electron chi connectivity index (χ2n) is 5.00. The summed E-state index contributed by atoms with van der Waals surface area (Å²) in [6.45, 7) is 3.34. The zero-order chi connectivity index (χ0) is 12.4. The van der Waals surface area contributed by atoms with E-state index in [4.69, 9.17) is 23.1 Å². The Labute approximate surface area is 108 Å². The van der Waals surface area contributed by atoms with E-state index in [1.165, 1.54) is 19.4 Å². The molecule has 0 saturated carbocycles. The molecule has 2 atom stereocenters. The third-order valence-electron chi connectivity index (χ3n) is 3.81. The van der Waals surface area contributed by atoms with Crippen molar-refractivity contribution in [3.05, 3.63) is 23.1 Å². The average Bonchev–Trinajstić information content (AvgIpc) is 2.68. The molecule has 0 bridgehead atoms. The molecule has 2 fully saturated rings. The molecular weight excluding hydrogens is 236 g/mol. The van der Waals surface area contributed by atoms with Crippen molar-refractivity contribution in [1.29, 1.82) is 0 Å². The predicted molar refractivity (Wildman–Crippen MR) is 71.1 cm³/mol. The van der Waals surface area contributed by atoms with Gasteiger partial charge in [-0.15, -0.1) is 0 Å². The molecule has 0 spiro atoms. The first-order valence-electron chi connectivity index (χ1n) is 6.11. The monoisotopic (exact) mass is 256 g/mol. The van der Waals surface area contributed by atoms with Gasteiger partial charge in [-0.25, -0.2) is 0 Å². The minimum atomic E-state index is 0.268. The van der Waals surface area contributed by atoms with E-state index in [1.54, 1.807) is 12.2 Å². The van der Waals surface area contributed by atoms with Crippen LogP contribution in [0.4, 0.5) is 0 Å². The van der Waals surface area contributed by atoms with E-state index in [-0.39, 0.29) is 5.16 Å². The van der Waals surface area contributed by atoms with Gasteiger partial charge in [0.25, 0.3) is 0 Å². The molecule has 2 heterocycles. The lowest BCUT2D eigenvalue weighted by Crippen LogP contribution is -2.47. The Morgan fingerprint density at radius 2 is 1.94 bits per heavy atom. The van der Waals surface area contributed by atoms with Crippen LogP contribution in [-0.4, -0.2) is 42.5 Å². The molecule has 0 aromatic rings. The Hall–Kier alpha value is -0.870. The molecule has 0 radical (unpaired) electrons. The fourth-order valence-corrected chi connectivity index (χ4v) is 2.94.